The van der Waals surface area contributed by atoms with Gasteiger partial charge in [0.15, 0.2) is 23.0 Å². The van der Waals surface area contributed by atoms with Gasteiger partial charge in [-0.05, 0) is 181 Å². The molecule has 4 aromatic carbocycles. The van der Waals surface area contributed by atoms with Gasteiger partial charge in [0.05, 0.1) is 218 Å². The maximum absolute atomic E-state index is 14.8. The highest BCUT2D eigenvalue weighted by Gasteiger charge is 2.51. The summed E-state index contributed by atoms with van der Waals surface area (Å²) >= 11 is 0. The maximum atomic E-state index is 14.8. The molecule has 12 amide bonds. The summed E-state index contributed by atoms with van der Waals surface area (Å²) in [6, 6.07) is 17.1. The van der Waals surface area contributed by atoms with Crippen LogP contribution in [0.4, 0.5) is 35.9 Å². The van der Waals surface area contributed by atoms with E-state index in [1.165, 1.54) is 107 Å². The van der Waals surface area contributed by atoms with Crippen molar-refractivity contribution in [1.82, 2.24) is 59.1 Å². The van der Waals surface area contributed by atoms with Crippen LogP contribution in [0.25, 0.3) is 0 Å². The number of fused-ring (bicyclic) bond motifs is 4. The number of carbonyl (C=O) groups excluding carboxylic acids is 12. The van der Waals surface area contributed by atoms with Crippen molar-refractivity contribution in [3.8, 4) is 46.5 Å². The third kappa shape index (κ3) is 27.6. The number of carbonyl (C=O) groups is 12. The Morgan fingerprint density at radius 3 is 0.727 bits per heavy atom. The Morgan fingerprint density at radius 1 is 0.308 bits per heavy atom. The van der Waals surface area contributed by atoms with Crippen molar-refractivity contribution in [3.63, 3.8) is 0 Å². The lowest BCUT2D eigenvalue weighted by Gasteiger charge is -2.26. The quantitative estimate of drug-likeness (QED) is 0.0325. The number of sulfone groups is 4. The Kier molecular flexibility index (Phi) is 37.4. The lowest BCUT2D eigenvalue weighted by atomic mass is 10.1. The third-order valence-electron chi connectivity index (χ3n) is 20.8. The van der Waals surface area contributed by atoms with E-state index in [0.29, 0.717) is 20.4 Å². The second-order valence-electron chi connectivity index (χ2n) is 33.5. The molecule has 0 spiro atoms. The Hall–Kier alpha value is -14.3. The molecule has 770 valence electrons. The molecule has 4 N–H and O–H groups in total. The van der Waals surface area contributed by atoms with Crippen molar-refractivity contribution in [2.45, 2.75) is 51.9 Å². The van der Waals surface area contributed by atoms with E-state index >= 15 is 0 Å². The summed E-state index contributed by atoms with van der Waals surface area (Å²) in [6.07, 6.45) is 3.84. The van der Waals surface area contributed by atoms with Gasteiger partial charge in [-0.15, -0.1) is 0 Å². The summed E-state index contributed by atoms with van der Waals surface area (Å²) < 4.78 is 186. The first-order valence-corrected chi connectivity index (χ1v) is 51.7. The van der Waals surface area contributed by atoms with Crippen LogP contribution in [-0.2, 0) is 58.5 Å². The molecule has 4 aliphatic heterocycles. The van der Waals surface area contributed by atoms with E-state index in [4.69, 9.17) is 37.9 Å². The minimum absolute atomic E-state index is 0.00153. The Bertz CT molecular complexity index is 6320. The Balaban J connectivity index is 0.000000213. The number of methoxy groups -OCH3 is 4. The zero-order chi connectivity index (χ0) is 106. The van der Waals surface area contributed by atoms with Crippen LogP contribution in [0.3, 0.4) is 0 Å². The molecule has 51 heteroatoms. The molecule has 44 nitrogen and oxygen atoms in total. The van der Waals surface area contributed by atoms with Crippen molar-refractivity contribution in [2.75, 3.05) is 207 Å². The largest absolute Gasteiger partial charge is 0.491 e. The van der Waals surface area contributed by atoms with Crippen molar-refractivity contribution < 1.29 is 142 Å². The number of hydrogen-bond donors (Lipinski definition) is 4. The number of anilines is 4. The van der Waals surface area contributed by atoms with Gasteiger partial charge in [0.25, 0.3) is 70.8 Å². The average Bonchev–Trinajstić information content (AvgIpc) is 1.60. The minimum Gasteiger partial charge on any atom is -0.491 e. The van der Waals surface area contributed by atoms with Crippen LogP contribution in [0.15, 0.2) is 103 Å². The number of aromatic nitrogens is 4. The third-order valence-corrected chi connectivity index (χ3v) is 24.5. The number of ether oxygens (including phenoxy) is 8. The summed E-state index contributed by atoms with van der Waals surface area (Å²) in [5, 5.41) is 10.2. The number of likely N-dealkylation sites (N-methyl/N-ethyl adjacent to an activating group) is 4. The minimum atomic E-state index is -3.76. The van der Waals surface area contributed by atoms with Crippen LogP contribution >= 0.6 is 0 Å². The van der Waals surface area contributed by atoms with Crippen molar-refractivity contribution >= 4 is 133 Å². The number of amides is 12. The first-order chi connectivity index (χ1) is 67.1. The Morgan fingerprint density at radius 2 is 0.517 bits per heavy atom. The molecule has 0 bridgehead atoms. The number of nitrogens with zero attached hydrogens (tertiary/aromatic N) is 12. The monoisotopic (exact) mass is 2070 g/mol. The normalized spacial score (nSPS) is 14.1. The lowest BCUT2D eigenvalue weighted by Crippen LogP contribution is -2.38. The molecule has 0 aliphatic carbocycles. The van der Waals surface area contributed by atoms with Gasteiger partial charge in [0.2, 0.25) is 23.6 Å². The number of hydrogen-bond acceptors (Lipinski definition) is 36. The molecule has 2 unspecified atom stereocenters. The van der Waals surface area contributed by atoms with Gasteiger partial charge in [0, 0.05) is 25.0 Å². The summed E-state index contributed by atoms with van der Waals surface area (Å²) in [4.78, 5) is 183. The molecule has 4 atom stereocenters. The summed E-state index contributed by atoms with van der Waals surface area (Å²) in [5.41, 5.74) is -2.46. The topological polar surface area (TPSA) is 541 Å². The number of rotatable bonds is 40. The predicted octanol–water partition coefficient (Wildman–Crippen LogP) is 5.90. The smallest absolute Gasteiger partial charge is 0.265 e. The maximum Gasteiger partial charge on any atom is 0.265 e. The van der Waals surface area contributed by atoms with Gasteiger partial charge in [-0.2, -0.15) is 0 Å². The van der Waals surface area contributed by atoms with E-state index in [-0.39, 0.29) is 173 Å². The van der Waals surface area contributed by atoms with Gasteiger partial charge in [-0.3, -0.25) is 77.1 Å². The molecule has 4 aromatic heterocycles. The highest BCUT2D eigenvalue weighted by atomic mass is 32.2. The molecule has 0 saturated heterocycles. The molecular formula is C92H109F3N16O28S4. The second kappa shape index (κ2) is 47.6. The molecule has 0 saturated carbocycles. The summed E-state index contributed by atoms with van der Waals surface area (Å²) in [7, 11) is 4.11. The van der Waals surface area contributed by atoms with Gasteiger partial charge in [-0.25, -0.2) is 66.8 Å². The van der Waals surface area contributed by atoms with Gasteiger partial charge < -0.3 is 78.8 Å². The first kappa shape index (κ1) is 112. The van der Waals surface area contributed by atoms with E-state index in [2.05, 4.69) is 41.2 Å². The summed E-state index contributed by atoms with van der Waals surface area (Å²) in [5.74, 6) is -13.4. The Labute approximate surface area is 822 Å². The number of imide groups is 4. The van der Waals surface area contributed by atoms with Crippen LogP contribution in [0.1, 0.15) is 158 Å². The fourth-order valence-corrected chi connectivity index (χ4v) is 18.8. The fraction of sp³-hybridized carbons (Fsp3) is 0.391. The van der Waals surface area contributed by atoms with Gasteiger partial charge in [-0.1, -0.05) is 6.07 Å². The van der Waals surface area contributed by atoms with E-state index < -0.39 is 186 Å². The number of nitrogens with one attached hydrogen (secondary N) is 4. The molecule has 0 radical (unpaired) electrons. The van der Waals surface area contributed by atoms with Crippen molar-refractivity contribution in [1.29, 1.82) is 0 Å². The fourth-order valence-electron chi connectivity index (χ4n) is 15.2. The van der Waals surface area contributed by atoms with Crippen LogP contribution in [0.5, 0.6) is 46.5 Å². The van der Waals surface area contributed by atoms with Gasteiger partial charge >= 0.3 is 0 Å². The van der Waals surface area contributed by atoms with E-state index in [1.54, 1.807) is 110 Å². The van der Waals surface area contributed by atoms with Gasteiger partial charge in [0.1, 0.15) is 56.8 Å². The standard InChI is InChI=1S/3C23H27FN4O7S.C23H28N4O7S/c3*1-6-35-21-17(34-4)10-9-14(26-21)16(12-36(5,32)33)28-22(30)19-13(24)7-8-15(20(19)23(28)31)25-18(29)11-27(2)3;1-6-34-21-18(33-4)11-10-15(25-21)17(13-35(5,31)32)27-22(29)14-8-7-9-16(20(14)23(27)30)24-19(28)12-26(2)3/h3*7-10,16H,6,11-12H2,1-5H3,(H,25,29);7-11,17H,6,12-13H2,1-5H3,(H,24,28)/t2*16-;;/m10../s1. The van der Waals surface area contributed by atoms with E-state index in [1.807, 2.05) is 0 Å². The molecule has 143 heavy (non-hydrogen) atoms. The molecule has 12 rings (SSSR count). The number of benzene rings is 4. The second-order valence-corrected chi connectivity index (χ2v) is 42.2. The number of halogens is 3. The van der Waals surface area contributed by atoms with E-state index in [9.17, 15) is 104 Å². The molecule has 8 heterocycles. The van der Waals surface area contributed by atoms with Crippen LogP contribution in [0, 0.1) is 17.5 Å². The molecule has 0 fully saturated rings. The molecule has 8 aromatic rings. The van der Waals surface area contributed by atoms with Crippen LogP contribution < -0.4 is 59.2 Å². The van der Waals surface area contributed by atoms with Crippen molar-refractivity contribution in [2.24, 2.45) is 0 Å². The van der Waals surface area contributed by atoms with Crippen LogP contribution in [-0.4, -0.2) is 349 Å². The SMILES string of the molecule is CCOc1nc(C(CS(C)(=O)=O)N2C(=O)c3c(F)ccc(NC(=O)CN(C)C)c3C2=O)ccc1OC.CCOc1nc(C(CS(C)(=O)=O)N2C(=O)c3cccc(NC(=O)CN(C)C)c3C2=O)ccc1OC.CCOc1nc([C@@H](CS(C)(=O)=O)N2C(=O)c3c(F)ccc(NC(=O)CN(C)C)c3C2=O)ccc1OC.CCOc1nc([C@H](CS(C)(=O)=O)N2C(=O)c3c(F)ccc(NC(=O)CN(C)C)c3C2=O)ccc1OC. The highest BCUT2D eigenvalue weighted by molar-refractivity contribution is 7.91. The number of pyridine rings is 4. The van der Waals surface area contributed by atoms with Crippen LogP contribution in [0.2, 0.25) is 0 Å². The first-order valence-electron chi connectivity index (χ1n) is 43.4. The highest BCUT2D eigenvalue weighted by Crippen LogP contribution is 2.45. The van der Waals surface area contributed by atoms with E-state index in [0.717, 1.165) is 48.1 Å². The predicted molar refractivity (Wildman–Crippen MR) is 514 cm³/mol. The zero-order valence-corrected chi connectivity index (χ0v) is 84.9. The lowest BCUT2D eigenvalue weighted by molar-refractivity contribution is -0.117. The van der Waals surface area contributed by atoms with Crippen molar-refractivity contribution in [3.05, 3.63) is 188 Å². The molecular weight excluding hydrogens is 1960 g/mol. The zero-order valence-electron chi connectivity index (χ0n) is 81.7. The molecule has 4 aliphatic rings. The average molecular weight is 2070 g/mol. The summed E-state index contributed by atoms with van der Waals surface area (Å²) in [6.45, 7) is 7.81.